The Hall–Kier alpha value is -3.95. The van der Waals surface area contributed by atoms with E-state index in [4.69, 9.17) is 14.2 Å². The molecule has 2 atom stereocenters. The van der Waals surface area contributed by atoms with Crippen LogP contribution in [0.4, 0.5) is 4.39 Å². The van der Waals surface area contributed by atoms with Crippen LogP contribution >= 0.6 is 0 Å². The first kappa shape index (κ1) is 33.0. The first-order valence-electron chi connectivity index (χ1n) is 15.4. The van der Waals surface area contributed by atoms with Crippen LogP contribution in [0.1, 0.15) is 67.0 Å². The Labute approximate surface area is 259 Å². The van der Waals surface area contributed by atoms with E-state index in [1.807, 2.05) is 12.1 Å². The molecule has 1 fully saturated rings. The number of benzene rings is 3. The van der Waals surface area contributed by atoms with Crippen molar-refractivity contribution in [2.45, 2.75) is 57.1 Å². The van der Waals surface area contributed by atoms with E-state index in [9.17, 15) is 19.1 Å². The lowest BCUT2D eigenvalue weighted by Crippen LogP contribution is -2.46. The number of ketones is 1. The SMILES string of the molecule is COc1ccc(C(=O)CCCCC(=O)N[C@H](CN2CCCC2)[C@H](O)c2ccc(OCCCOc3ccccc3F)cc2)cc1. The fraction of sp³-hybridized carbons (Fsp3) is 0.429. The van der Waals surface area contributed by atoms with E-state index >= 15 is 0 Å². The molecule has 0 unspecified atom stereocenters. The number of hydrogen-bond donors (Lipinski definition) is 2. The molecule has 1 saturated heterocycles. The number of halogens is 1. The Bertz CT molecular complexity index is 1310. The monoisotopic (exact) mass is 606 g/mol. The van der Waals surface area contributed by atoms with Crippen molar-refractivity contribution in [2.75, 3.05) is 40.0 Å². The molecular weight excluding hydrogens is 563 g/mol. The van der Waals surface area contributed by atoms with Crippen molar-refractivity contribution >= 4 is 11.7 Å². The molecule has 0 radical (unpaired) electrons. The van der Waals surface area contributed by atoms with E-state index < -0.39 is 12.1 Å². The van der Waals surface area contributed by atoms with Gasteiger partial charge in [0.15, 0.2) is 17.3 Å². The van der Waals surface area contributed by atoms with Gasteiger partial charge in [-0.3, -0.25) is 9.59 Å². The zero-order valence-corrected chi connectivity index (χ0v) is 25.4. The number of amides is 1. The number of unbranched alkanes of at least 4 members (excludes halogenated alkanes) is 1. The van der Waals surface area contributed by atoms with Crippen LogP contribution in [0.25, 0.3) is 0 Å². The molecule has 0 aromatic heterocycles. The molecule has 0 aliphatic carbocycles. The summed E-state index contributed by atoms with van der Waals surface area (Å²) in [5.74, 6) is 1.09. The lowest BCUT2D eigenvalue weighted by molar-refractivity contribution is -0.123. The van der Waals surface area contributed by atoms with Crippen molar-refractivity contribution in [1.82, 2.24) is 10.2 Å². The van der Waals surface area contributed by atoms with E-state index in [0.717, 1.165) is 25.9 Å². The zero-order chi connectivity index (χ0) is 31.1. The largest absolute Gasteiger partial charge is 0.497 e. The fourth-order valence-electron chi connectivity index (χ4n) is 5.23. The third-order valence-corrected chi connectivity index (χ3v) is 7.72. The Morgan fingerprint density at radius 1 is 0.864 bits per heavy atom. The Kier molecular flexibility index (Phi) is 13.0. The van der Waals surface area contributed by atoms with Gasteiger partial charge in [-0.05, 0) is 92.9 Å². The topological polar surface area (TPSA) is 97.3 Å². The van der Waals surface area contributed by atoms with E-state index in [0.29, 0.717) is 68.1 Å². The number of ether oxygens (including phenoxy) is 3. The molecule has 0 bridgehead atoms. The molecule has 1 heterocycles. The molecule has 44 heavy (non-hydrogen) atoms. The molecule has 236 valence electrons. The molecule has 2 N–H and O–H groups in total. The highest BCUT2D eigenvalue weighted by molar-refractivity contribution is 5.96. The van der Waals surface area contributed by atoms with Crippen molar-refractivity contribution in [3.05, 3.63) is 89.7 Å². The smallest absolute Gasteiger partial charge is 0.220 e. The molecule has 3 aromatic carbocycles. The molecule has 8 nitrogen and oxygen atoms in total. The van der Waals surface area contributed by atoms with Crippen LogP contribution in [0, 0.1) is 5.82 Å². The summed E-state index contributed by atoms with van der Waals surface area (Å²) in [5, 5.41) is 14.3. The van der Waals surface area contributed by atoms with Crippen LogP contribution in [0.2, 0.25) is 0 Å². The standard InChI is InChI=1S/C35H43FN2O6/c1-42-28-17-13-26(14-18-28)32(39)10-3-5-12-34(40)37-31(25-38-21-6-7-22-38)35(41)27-15-19-29(20-16-27)43-23-8-24-44-33-11-4-2-9-30(33)36/h2,4,9,11,13-20,31,35,41H,3,5-8,10,12,21-25H2,1H3,(H,37,40)/t31-,35-/m1/s1. The van der Waals surface area contributed by atoms with Gasteiger partial charge < -0.3 is 29.5 Å². The van der Waals surface area contributed by atoms with Crippen molar-refractivity contribution in [1.29, 1.82) is 0 Å². The summed E-state index contributed by atoms with van der Waals surface area (Å²) in [6.45, 7) is 3.17. The van der Waals surface area contributed by atoms with Gasteiger partial charge in [0, 0.05) is 31.4 Å². The number of nitrogens with zero attached hydrogens (tertiary/aromatic N) is 1. The second kappa shape index (κ2) is 17.4. The highest BCUT2D eigenvalue weighted by atomic mass is 19.1. The molecule has 1 amide bonds. The highest BCUT2D eigenvalue weighted by Crippen LogP contribution is 2.23. The molecular formula is C35H43FN2O6. The first-order valence-corrected chi connectivity index (χ1v) is 15.4. The average Bonchev–Trinajstić information content (AvgIpc) is 3.56. The summed E-state index contributed by atoms with van der Waals surface area (Å²) >= 11 is 0. The maximum Gasteiger partial charge on any atom is 0.220 e. The molecule has 3 aromatic rings. The number of para-hydroxylation sites is 1. The Morgan fingerprint density at radius 2 is 1.52 bits per heavy atom. The molecule has 0 saturated carbocycles. The van der Waals surface area contributed by atoms with Crippen molar-refractivity contribution < 1.29 is 33.3 Å². The predicted molar refractivity (Wildman–Crippen MR) is 167 cm³/mol. The number of hydrogen-bond acceptors (Lipinski definition) is 7. The number of aliphatic hydroxyl groups excluding tert-OH is 1. The number of aliphatic hydroxyl groups is 1. The van der Waals surface area contributed by atoms with Crippen molar-refractivity contribution in [2.24, 2.45) is 0 Å². The quantitative estimate of drug-likeness (QED) is 0.141. The summed E-state index contributed by atoms with van der Waals surface area (Å²) < 4.78 is 30.0. The number of nitrogens with one attached hydrogen (secondary N) is 1. The third kappa shape index (κ3) is 10.3. The normalized spacial score (nSPS) is 14.5. The van der Waals surface area contributed by atoms with E-state index in [1.165, 1.54) is 6.07 Å². The van der Waals surface area contributed by atoms with Crippen LogP contribution in [0.5, 0.6) is 17.2 Å². The van der Waals surface area contributed by atoms with Crippen LogP contribution in [-0.2, 0) is 4.79 Å². The van der Waals surface area contributed by atoms with Gasteiger partial charge in [-0.25, -0.2) is 4.39 Å². The van der Waals surface area contributed by atoms with Gasteiger partial charge in [0.2, 0.25) is 5.91 Å². The molecule has 9 heteroatoms. The number of methoxy groups -OCH3 is 1. The van der Waals surface area contributed by atoms with Gasteiger partial charge in [0.1, 0.15) is 17.6 Å². The van der Waals surface area contributed by atoms with Crippen molar-refractivity contribution in [3.8, 4) is 17.2 Å². The number of rotatable bonds is 18. The fourth-order valence-corrected chi connectivity index (χ4v) is 5.23. The van der Waals surface area contributed by atoms with Gasteiger partial charge in [-0.15, -0.1) is 0 Å². The highest BCUT2D eigenvalue weighted by Gasteiger charge is 2.26. The van der Waals surface area contributed by atoms with Crippen LogP contribution in [0.15, 0.2) is 72.8 Å². The first-order chi connectivity index (χ1) is 21.4. The van der Waals surface area contributed by atoms with E-state index in [-0.39, 0.29) is 29.7 Å². The summed E-state index contributed by atoms with van der Waals surface area (Å²) in [7, 11) is 1.58. The van der Waals surface area contributed by atoms with Gasteiger partial charge in [-0.2, -0.15) is 0 Å². The van der Waals surface area contributed by atoms with Crippen molar-refractivity contribution in [3.63, 3.8) is 0 Å². The van der Waals surface area contributed by atoms with Gasteiger partial charge >= 0.3 is 0 Å². The number of carbonyl (C=O) groups excluding carboxylic acids is 2. The van der Waals surface area contributed by atoms with Crippen LogP contribution in [0.3, 0.4) is 0 Å². The maximum atomic E-state index is 13.7. The van der Waals surface area contributed by atoms with E-state index in [2.05, 4.69) is 10.2 Å². The second-order valence-electron chi connectivity index (χ2n) is 11.0. The Balaban J connectivity index is 1.22. The summed E-state index contributed by atoms with van der Waals surface area (Å²) in [5.41, 5.74) is 1.32. The zero-order valence-electron chi connectivity index (χ0n) is 25.4. The van der Waals surface area contributed by atoms with Gasteiger partial charge in [0.05, 0.1) is 26.4 Å². The maximum absolute atomic E-state index is 13.7. The summed E-state index contributed by atoms with van der Waals surface area (Å²) in [6.07, 6.45) is 3.75. The lowest BCUT2D eigenvalue weighted by Gasteiger charge is -2.29. The van der Waals surface area contributed by atoms with Gasteiger partial charge in [0.25, 0.3) is 0 Å². The van der Waals surface area contributed by atoms with Crippen LogP contribution in [-0.4, -0.2) is 67.7 Å². The minimum atomic E-state index is -0.889. The van der Waals surface area contributed by atoms with Gasteiger partial charge in [-0.1, -0.05) is 24.3 Å². The lowest BCUT2D eigenvalue weighted by atomic mass is 10.0. The molecule has 0 spiro atoms. The average molecular weight is 607 g/mol. The predicted octanol–water partition coefficient (Wildman–Crippen LogP) is 5.74. The minimum absolute atomic E-state index is 0.0405. The molecule has 1 aliphatic heterocycles. The van der Waals surface area contributed by atoms with Crippen LogP contribution < -0.4 is 19.5 Å². The summed E-state index contributed by atoms with van der Waals surface area (Å²) in [6, 6.07) is 20.1. The third-order valence-electron chi connectivity index (χ3n) is 7.72. The minimum Gasteiger partial charge on any atom is -0.497 e. The number of Topliss-reactive ketones (excluding diaryl/α,β-unsaturated/α-hetero) is 1. The summed E-state index contributed by atoms with van der Waals surface area (Å²) in [4.78, 5) is 27.6. The second-order valence-corrected chi connectivity index (χ2v) is 11.0. The molecule has 4 rings (SSSR count). The van der Waals surface area contributed by atoms with E-state index in [1.54, 1.807) is 61.7 Å². The number of likely N-dealkylation sites (tertiary alicyclic amines) is 1. The Morgan fingerprint density at radius 3 is 2.23 bits per heavy atom. The molecule has 1 aliphatic rings. The number of carbonyl (C=O) groups is 2.